The van der Waals surface area contributed by atoms with Crippen molar-refractivity contribution in [1.82, 2.24) is 19.9 Å². The molecule has 9 heteroatoms. The molecule has 4 aromatic rings. The van der Waals surface area contributed by atoms with E-state index < -0.39 is 0 Å². The van der Waals surface area contributed by atoms with Crippen molar-refractivity contribution >= 4 is 43.8 Å². The molecular formula is C19H17FN6OS. The van der Waals surface area contributed by atoms with Gasteiger partial charge in [0.25, 0.3) is 0 Å². The van der Waals surface area contributed by atoms with E-state index in [0.717, 1.165) is 26.5 Å². The van der Waals surface area contributed by atoms with Gasteiger partial charge in [0.15, 0.2) is 5.13 Å². The first-order chi connectivity index (χ1) is 13.6. The van der Waals surface area contributed by atoms with Crippen LogP contribution in [0.2, 0.25) is 0 Å². The number of nitrogens with one attached hydrogen (secondary N) is 3. The van der Waals surface area contributed by atoms with Gasteiger partial charge in [-0.25, -0.2) is 19.3 Å². The fraction of sp³-hybridized carbons (Fsp3) is 0.105. The van der Waals surface area contributed by atoms with Gasteiger partial charge in [-0.05, 0) is 31.2 Å². The van der Waals surface area contributed by atoms with Crippen molar-refractivity contribution in [1.29, 1.82) is 0 Å². The highest BCUT2D eigenvalue weighted by Crippen LogP contribution is 2.29. The summed E-state index contributed by atoms with van der Waals surface area (Å²) >= 11 is 1.46. The molecular weight excluding hydrogens is 379 g/mol. The van der Waals surface area contributed by atoms with E-state index in [1.165, 1.54) is 24.3 Å². The number of aromatic amines is 1. The normalized spacial score (nSPS) is 12.1. The van der Waals surface area contributed by atoms with Crippen LogP contribution < -0.4 is 15.4 Å². The number of hydrogen-bond donors (Lipinski definition) is 3. The van der Waals surface area contributed by atoms with E-state index in [4.69, 9.17) is 4.74 Å². The third kappa shape index (κ3) is 3.52. The molecule has 0 spiro atoms. The number of anilines is 2. The Kier molecular flexibility index (Phi) is 4.66. The number of imidazole rings is 1. The molecule has 0 aliphatic rings. The van der Waals surface area contributed by atoms with Crippen molar-refractivity contribution < 1.29 is 9.13 Å². The minimum absolute atomic E-state index is 0.263. The van der Waals surface area contributed by atoms with Gasteiger partial charge in [0.05, 0.1) is 16.7 Å². The number of aromatic nitrogens is 4. The average molecular weight is 396 g/mol. The van der Waals surface area contributed by atoms with Gasteiger partial charge in [0.1, 0.15) is 21.9 Å². The Morgan fingerprint density at radius 1 is 1.21 bits per heavy atom. The van der Waals surface area contributed by atoms with Gasteiger partial charge in [0.2, 0.25) is 11.8 Å². The molecule has 142 valence electrons. The maximum atomic E-state index is 13.4. The van der Waals surface area contributed by atoms with Gasteiger partial charge in [-0.2, -0.15) is 0 Å². The Labute approximate surface area is 164 Å². The summed E-state index contributed by atoms with van der Waals surface area (Å²) in [6.45, 7) is 4.94. The largest absolute Gasteiger partial charge is 0.439 e. The summed E-state index contributed by atoms with van der Waals surface area (Å²) in [5.41, 5.74) is 2.55. The van der Waals surface area contributed by atoms with Gasteiger partial charge in [-0.15, -0.1) is 0 Å². The highest BCUT2D eigenvalue weighted by Gasteiger charge is 2.09. The SMILES string of the molecule is C=C/C(Nc1nc2ccc(Oc3ccc4nc(NC)sc4n3)cc2[nH]1)=C(\C)F. The van der Waals surface area contributed by atoms with Crippen LogP contribution in [0.25, 0.3) is 21.4 Å². The quantitative estimate of drug-likeness (QED) is 0.388. The van der Waals surface area contributed by atoms with Crippen LogP contribution in [-0.2, 0) is 0 Å². The predicted octanol–water partition coefficient (Wildman–Crippen LogP) is 5.20. The molecule has 0 fully saturated rings. The van der Waals surface area contributed by atoms with E-state index in [-0.39, 0.29) is 11.5 Å². The molecule has 0 amide bonds. The molecule has 0 radical (unpaired) electrons. The Balaban J connectivity index is 1.59. The molecule has 4 rings (SSSR count). The summed E-state index contributed by atoms with van der Waals surface area (Å²) in [6.07, 6.45) is 1.40. The number of thiazole rings is 1. The molecule has 0 saturated heterocycles. The van der Waals surface area contributed by atoms with Crippen LogP contribution in [0.3, 0.4) is 0 Å². The van der Waals surface area contributed by atoms with Crippen LogP contribution in [0.1, 0.15) is 6.92 Å². The van der Waals surface area contributed by atoms with Gasteiger partial charge in [0, 0.05) is 19.2 Å². The maximum Gasteiger partial charge on any atom is 0.220 e. The Morgan fingerprint density at radius 3 is 2.79 bits per heavy atom. The maximum absolute atomic E-state index is 13.4. The molecule has 28 heavy (non-hydrogen) atoms. The van der Waals surface area contributed by atoms with Crippen LogP contribution in [0.5, 0.6) is 11.6 Å². The van der Waals surface area contributed by atoms with Crippen LogP contribution in [0.15, 0.2) is 54.5 Å². The third-order valence-corrected chi connectivity index (χ3v) is 4.93. The van der Waals surface area contributed by atoms with Crippen LogP contribution in [-0.4, -0.2) is 27.0 Å². The first-order valence-electron chi connectivity index (χ1n) is 8.44. The minimum atomic E-state index is -0.370. The molecule has 0 atom stereocenters. The van der Waals surface area contributed by atoms with E-state index in [9.17, 15) is 4.39 Å². The summed E-state index contributed by atoms with van der Waals surface area (Å²) in [4.78, 5) is 17.2. The van der Waals surface area contributed by atoms with Gasteiger partial charge < -0.3 is 20.4 Å². The second-order valence-electron chi connectivity index (χ2n) is 5.89. The summed E-state index contributed by atoms with van der Waals surface area (Å²) in [7, 11) is 1.82. The lowest BCUT2D eigenvalue weighted by atomic mass is 10.3. The molecule has 1 aromatic carbocycles. The van der Waals surface area contributed by atoms with E-state index in [1.54, 1.807) is 12.1 Å². The molecule has 7 nitrogen and oxygen atoms in total. The average Bonchev–Trinajstić information content (AvgIpc) is 3.28. The molecule has 0 bridgehead atoms. The molecule has 3 N–H and O–H groups in total. The Morgan fingerprint density at radius 2 is 2.04 bits per heavy atom. The lowest BCUT2D eigenvalue weighted by Crippen LogP contribution is -1.99. The lowest BCUT2D eigenvalue weighted by Gasteiger charge is -2.04. The lowest BCUT2D eigenvalue weighted by molar-refractivity contribution is 0.466. The fourth-order valence-corrected chi connectivity index (χ4v) is 3.38. The smallest absolute Gasteiger partial charge is 0.220 e. The topological polar surface area (TPSA) is 87.8 Å². The monoisotopic (exact) mass is 396 g/mol. The third-order valence-electron chi connectivity index (χ3n) is 3.95. The van der Waals surface area contributed by atoms with Gasteiger partial charge in [-0.1, -0.05) is 17.9 Å². The number of benzene rings is 1. The van der Waals surface area contributed by atoms with Crippen molar-refractivity contribution in [2.75, 3.05) is 17.7 Å². The molecule has 0 aliphatic heterocycles. The van der Waals surface area contributed by atoms with E-state index in [1.807, 2.05) is 25.2 Å². The van der Waals surface area contributed by atoms with E-state index >= 15 is 0 Å². The van der Waals surface area contributed by atoms with E-state index in [2.05, 4.69) is 37.1 Å². The summed E-state index contributed by atoms with van der Waals surface area (Å²) < 4.78 is 19.3. The highest BCUT2D eigenvalue weighted by atomic mass is 32.1. The van der Waals surface area contributed by atoms with Crippen LogP contribution in [0.4, 0.5) is 15.5 Å². The number of allylic oxidation sites excluding steroid dienone is 2. The zero-order chi connectivity index (χ0) is 19.7. The number of H-pyrrole nitrogens is 1. The number of pyridine rings is 1. The Hall–Kier alpha value is -3.46. The number of halogens is 1. The van der Waals surface area contributed by atoms with Crippen LogP contribution >= 0.6 is 11.3 Å². The molecule has 0 aliphatic carbocycles. The van der Waals surface area contributed by atoms with Crippen molar-refractivity contribution in [2.45, 2.75) is 6.92 Å². The summed E-state index contributed by atoms with van der Waals surface area (Å²) in [5, 5.41) is 6.68. The van der Waals surface area contributed by atoms with Crippen molar-refractivity contribution in [2.24, 2.45) is 0 Å². The first kappa shape index (κ1) is 17.9. The molecule has 0 saturated carbocycles. The second-order valence-corrected chi connectivity index (χ2v) is 6.86. The first-order valence-corrected chi connectivity index (χ1v) is 9.26. The van der Waals surface area contributed by atoms with Crippen LogP contribution in [0, 0.1) is 0 Å². The second kappa shape index (κ2) is 7.28. The number of nitrogens with zero attached hydrogens (tertiary/aromatic N) is 3. The summed E-state index contributed by atoms with van der Waals surface area (Å²) in [6, 6.07) is 9.07. The zero-order valence-electron chi connectivity index (χ0n) is 15.2. The van der Waals surface area contributed by atoms with Crippen molar-refractivity contribution in [3.63, 3.8) is 0 Å². The van der Waals surface area contributed by atoms with E-state index in [0.29, 0.717) is 17.6 Å². The fourth-order valence-electron chi connectivity index (χ4n) is 2.60. The minimum Gasteiger partial charge on any atom is -0.439 e. The number of rotatable bonds is 6. The van der Waals surface area contributed by atoms with Gasteiger partial charge in [-0.3, -0.25) is 0 Å². The number of hydrogen-bond acceptors (Lipinski definition) is 7. The molecule has 0 unspecified atom stereocenters. The summed E-state index contributed by atoms with van der Waals surface area (Å²) in [5.74, 6) is 1.13. The number of ether oxygens (including phenoxy) is 1. The Bertz CT molecular complexity index is 1210. The number of fused-ring (bicyclic) bond motifs is 2. The molecule has 3 aromatic heterocycles. The van der Waals surface area contributed by atoms with Crippen molar-refractivity contribution in [3.8, 4) is 11.6 Å². The van der Waals surface area contributed by atoms with Crippen molar-refractivity contribution in [3.05, 3.63) is 54.5 Å². The standard InChI is InChI=1S/C19H17FN6OS/c1-4-12(10(2)20)22-18-23-13-6-5-11(9-15(13)24-18)27-16-8-7-14-17(26-16)28-19(21-3)25-14/h4-9H,1H2,2-3H3,(H,21,25)(H2,22,23,24)/b12-10-. The highest BCUT2D eigenvalue weighted by molar-refractivity contribution is 7.21. The van der Waals surface area contributed by atoms with Gasteiger partial charge >= 0.3 is 0 Å². The zero-order valence-corrected chi connectivity index (χ0v) is 16.0. The molecule has 3 heterocycles. The predicted molar refractivity (Wildman–Crippen MR) is 111 cm³/mol.